The highest BCUT2D eigenvalue weighted by molar-refractivity contribution is 5.84. The molecule has 0 saturated heterocycles. The van der Waals surface area contributed by atoms with Crippen LogP contribution < -0.4 is 0 Å². The lowest BCUT2D eigenvalue weighted by Crippen LogP contribution is -2.09. The molecule has 0 N–H and O–H groups in total. The molecule has 3 nitrogen and oxygen atoms in total. The predicted molar refractivity (Wildman–Crippen MR) is 65.8 cm³/mol. The van der Waals surface area contributed by atoms with Gasteiger partial charge in [-0.2, -0.15) is 0 Å². The van der Waals surface area contributed by atoms with Gasteiger partial charge >= 0.3 is 5.97 Å². The zero-order valence-corrected chi connectivity index (χ0v) is 10.4. The average Bonchev–Trinajstić information content (AvgIpc) is 2.30. The molecule has 0 fully saturated rings. The van der Waals surface area contributed by atoms with Gasteiger partial charge in [-0.1, -0.05) is 24.3 Å². The van der Waals surface area contributed by atoms with Gasteiger partial charge in [0.05, 0.1) is 13.0 Å². The van der Waals surface area contributed by atoms with E-state index >= 15 is 0 Å². The summed E-state index contributed by atoms with van der Waals surface area (Å²) in [5.41, 5.74) is 2.14. The molecule has 0 heterocycles. The van der Waals surface area contributed by atoms with E-state index in [0.29, 0.717) is 13.0 Å². The van der Waals surface area contributed by atoms with E-state index in [1.54, 1.807) is 6.92 Å². The minimum absolute atomic E-state index is 0.0763. The van der Waals surface area contributed by atoms with Crippen molar-refractivity contribution in [2.45, 2.75) is 33.1 Å². The van der Waals surface area contributed by atoms with Gasteiger partial charge in [0.25, 0.3) is 0 Å². The number of carbonyl (C=O) groups is 2. The van der Waals surface area contributed by atoms with Gasteiger partial charge in [0.15, 0.2) is 0 Å². The normalized spacial score (nSPS) is 10.0. The van der Waals surface area contributed by atoms with Crippen molar-refractivity contribution in [1.29, 1.82) is 0 Å². The molecule has 0 aromatic heterocycles. The Labute approximate surface area is 102 Å². The number of esters is 1. The van der Waals surface area contributed by atoms with Gasteiger partial charge in [0.1, 0.15) is 5.78 Å². The lowest BCUT2D eigenvalue weighted by Gasteiger charge is -2.04. The summed E-state index contributed by atoms with van der Waals surface area (Å²) in [6.45, 7) is 4.10. The van der Waals surface area contributed by atoms with Crippen molar-refractivity contribution in [3.63, 3.8) is 0 Å². The van der Waals surface area contributed by atoms with E-state index in [4.69, 9.17) is 4.74 Å². The highest BCUT2D eigenvalue weighted by atomic mass is 16.5. The largest absolute Gasteiger partial charge is 0.466 e. The SMILES string of the molecule is CCOC(=O)CCC(=O)Cc1ccccc1C. The molecule has 3 heteroatoms. The van der Waals surface area contributed by atoms with Crippen LogP contribution >= 0.6 is 0 Å². The Morgan fingerprint density at radius 1 is 1.18 bits per heavy atom. The minimum atomic E-state index is -0.300. The van der Waals surface area contributed by atoms with Crippen molar-refractivity contribution in [1.82, 2.24) is 0 Å². The van der Waals surface area contributed by atoms with Gasteiger partial charge in [0, 0.05) is 12.8 Å². The predicted octanol–water partition coefficient (Wildman–Crippen LogP) is 2.45. The summed E-state index contributed by atoms with van der Waals surface area (Å²) in [6.07, 6.45) is 0.831. The summed E-state index contributed by atoms with van der Waals surface area (Å²) < 4.78 is 4.78. The maximum Gasteiger partial charge on any atom is 0.306 e. The molecule has 1 rings (SSSR count). The van der Waals surface area contributed by atoms with E-state index in [9.17, 15) is 9.59 Å². The number of aryl methyl sites for hydroxylation is 1. The minimum Gasteiger partial charge on any atom is -0.466 e. The number of rotatable bonds is 6. The lowest BCUT2D eigenvalue weighted by atomic mass is 10.0. The fourth-order valence-electron chi connectivity index (χ4n) is 1.58. The maximum absolute atomic E-state index is 11.7. The molecule has 0 aliphatic rings. The van der Waals surface area contributed by atoms with E-state index in [-0.39, 0.29) is 24.6 Å². The highest BCUT2D eigenvalue weighted by Gasteiger charge is 2.09. The molecule has 0 atom stereocenters. The number of ketones is 1. The molecule has 0 aliphatic heterocycles. The number of hydrogen-bond donors (Lipinski definition) is 0. The zero-order valence-electron chi connectivity index (χ0n) is 10.4. The molecular formula is C14H18O3. The van der Waals surface area contributed by atoms with Crippen LogP contribution in [0.2, 0.25) is 0 Å². The highest BCUT2D eigenvalue weighted by Crippen LogP contribution is 2.09. The smallest absolute Gasteiger partial charge is 0.306 e. The molecule has 0 spiro atoms. The molecule has 92 valence electrons. The van der Waals surface area contributed by atoms with Crippen molar-refractivity contribution in [3.8, 4) is 0 Å². The Balaban J connectivity index is 2.40. The monoisotopic (exact) mass is 234 g/mol. The first kappa shape index (κ1) is 13.4. The number of carbonyl (C=O) groups excluding carboxylic acids is 2. The average molecular weight is 234 g/mol. The van der Waals surface area contributed by atoms with E-state index in [1.807, 2.05) is 31.2 Å². The first-order valence-corrected chi connectivity index (χ1v) is 5.85. The van der Waals surface area contributed by atoms with E-state index in [1.165, 1.54) is 0 Å². The Morgan fingerprint density at radius 2 is 1.88 bits per heavy atom. The first-order chi connectivity index (χ1) is 8.13. The second-order valence-corrected chi connectivity index (χ2v) is 3.95. The summed E-state index contributed by atoms with van der Waals surface area (Å²) in [6, 6.07) is 7.79. The molecule has 0 saturated carbocycles. The number of ether oxygens (including phenoxy) is 1. The summed E-state index contributed by atoms with van der Waals surface area (Å²) in [7, 11) is 0. The Bertz CT molecular complexity index is 396. The zero-order chi connectivity index (χ0) is 12.7. The summed E-state index contributed by atoms with van der Waals surface area (Å²) in [4.78, 5) is 22.8. The molecular weight excluding hydrogens is 216 g/mol. The quantitative estimate of drug-likeness (QED) is 0.710. The van der Waals surface area contributed by atoms with Gasteiger partial charge < -0.3 is 4.74 Å². The van der Waals surface area contributed by atoms with Crippen LogP contribution in [0.15, 0.2) is 24.3 Å². The topological polar surface area (TPSA) is 43.4 Å². The molecule has 0 radical (unpaired) electrons. The third-order valence-corrected chi connectivity index (χ3v) is 2.56. The van der Waals surface area contributed by atoms with Crippen molar-refractivity contribution in [2.75, 3.05) is 6.61 Å². The van der Waals surface area contributed by atoms with Crippen molar-refractivity contribution in [3.05, 3.63) is 35.4 Å². The molecule has 17 heavy (non-hydrogen) atoms. The van der Waals surface area contributed by atoms with Gasteiger partial charge in [0.2, 0.25) is 0 Å². The second-order valence-electron chi connectivity index (χ2n) is 3.95. The number of benzene rings is 1. The van der Waals surface area contributed by atoms with Crippen LogP contribution in [-0.4, -0.2) is 18.4 Å². The molecule has 0 unspecified atom stereocenters. The fourth-order valence-corrected chi connectivity index (χ4v) is 1.58. The summed E-state index contributed by atoms with van der Waals surface area (Å²) in [5.74, 6) is -0.224. The van der Waals surface area contributed by atoms with Crippen LogP contribution in [0.3, 0.4) is 0 Å². The van der Waals surface area contributed by atoms with Crippen molar-refractivity contribution >= 4 is 11.8 Å². The molecule has 0 amide bonds. The lowest BCUT2D eigenvalue weighted by molar-refractivity contribution is -0.144. The van der Waals surface area contributed by atoms with Gasteiger partial charge in [-0.3, -0.25) is 9.59 Å². The van der Waals surface area contributed by atoms with Crippen LogP contribution in [0.4, 0.5) is 0 Å². The van der Waals surface area contributed by atoms with Gasteiger partial charge in [-0.05, 0) is 25.0 Å². The molecule has 1 aromatic rings. The van der Waals surface area contributed by atoms with Crippen LogP contribution in [0, 0.1) is 6.92 Å². The Morgan fingerprint density at radius 3 is 2.53 bits per heavy atom. The van der Waals surface area contributed by atoms with E-state index < -0.39 is 0 Å². The maximum atomic E-state index is 11.7. The number of hydrogen-bond acceptors (Lipinski definition) is 3. The van der Waals surface area contributed by atoms with E-state index in [0.717, 1.165) is 11.1 Å². The molecule has 1 aromatic carbocycles. The van der Waals surface area contributed by atoms with Crippen LogP contribution in [-0.2, 0) is 20.7 Å². The van der Waals surface area contributed by atoms with E-state index in [2.05, 4.69) is 0 Å². The second kappa shape index (κ2) is 6.84. The first-order valence-electron chi connectivity index (χ1n) is 5.85. The van der Waals surface area contributed by atoms with Gasteiger partial charge in [-0.25, -0.2) is 0 Å². The standard InChI is InChI=1S/C14H18O3/c1-3-17-14(16)9-8-13(15)10-12-7-5-4-6-11(12)2/h4-7H,3,8-10H2,1-2H3. The van der Waals surface area contributed by atoms with Crippen LogP contribution in [0.1, 0.15) is 30.9 Å². The summed E-state index contributed by atoms with van der Waals surface area (Å²) in [5, 5.41) is 0. The third-order valence-electron chi connectivity index (χ3n) is 2.56. The molecule has 0 bridgehead atoms. The van der Waals surface area contributed by atoms with Gasteiger partial charge in [-0.15, -0.1) is 0 Å². The van der Waals surface area contributed by atoms with Crippen LogP contribution in [0.5, 0.6) is 0 Å². The summed E-state index contributed by atoms with van der Waals surface area (Å²) >= 11 is 0. The fraction of sp³-hybridized carbons (Fsp3) is 0.429. The number of Topliss-reactive ketones (excluding diaryl/α,β-unsaturated/α-hetero) is 1. The van der Waals surface area contributed by atoms with Crippen molar-refractivity contribution in [2.24, 2.45) is 0 Å². The molecule has 0 aliphatic carbocycles. The Hall–Kier alpha value is -1.64. The third kappa shape index (κ3) is 4.81. The Kier molecular flexibility index (Phi) is 5.40. The van der Waals surface area contributed by atoms with Crippen molar-refractivity contribution < 1.29 is 14.3 Å². The van der Waals surface area contributed by atoms with Crippen LogP contribution in [0.25, 0.3) is 0 Å².